The van der Waals surface area contributed by atoms with Crippen LogP contribution in [0.4, 0.5) is 5.82 Å². The van der Waals surface area contributed by atoms with Crippen molar-refractivity contribution in [3.05, 3.63) is 57.9 Å². The first-order chi connectivity index (χ1) is 11.0. The molecule has 0 saturated carbocycles. The number of fused-ring (bicyclic) bond motifs is 1. The average Bonchev–Trinajstić information content (AvgIpc) is 2.87. The molecule has 1 N–H and O–H groups in total. The fourth-order valence-corrected chi connectivity index (χ4v) is 2.85. The lowest BCUT2D eigenvalue weighted by molar-refractivity contribution is -0.115. The van der Waals surface area contributed by atoms with Crippen molar-refractivity contribution in [3.63, 3.8) is 0 Å². The zero-order valence-electron chi connectivity index (χ0n) is 13.2. The lowest BCUT2D eigenvalue weighted by Crippen LogP contribution is -2.15. The van der Waals surface area contributed by atoms with Crippen molar-refractivity contribution in [1.29, 1.82) is 0 Å². The largest absolute Gasteiger partial charge is 0.464 e. The van der Waals surface area contributed by atoms with Crippen LogP contribution in [0.2, 0.25) is 5.02 Å². The minimum Gasteiger partial charge on any atom is -0.464 e. The Morgan fingerprint density at radius 3 is 2.83 bits per heavy atom. The van der Waals surface area contributed by atoms with Gasteiger partial charge >= 0.3 is 0 Å². The van der Waals surface area contributed by atoms with Gasteiger partial charge in [-0.15, -0.1) is 0 Å². The summed E-state index contributed by atoms with van der Waals surface area (Å²) in [5.74, 6) is 0.412. The van der Waals surface area contributed by atoms with Crippen molar-refractivity contribution < 1.29 is 9.21 Å². The summed E-state index contributed by atoms with van der Waals surface area (Å²) in [7, 11) is 0. The number of aryl methyl sites for hydroxylation is 3. The van der Waals surface area contributed by atoms with Crippen molar-refractivity contribution in [1.82, 2.24) is 4.98 Å². The molecule has 4 nitrogen and oxygen atoms in total. The fourth-order valence-electron chi connectivity index (χ4n) is 2.70. The van der Waals surface area contributed by atoms with Gasteiger partial charge in [0.05, 0.1) is 12.7 Å². The number of rotatable bonds is 3. The van der Waals surface area contributed by atoms with Crippen LogP contribution in [0, 0.1) is 20.8 Å². The Kier molecular flexibility index (Phi) is 4.09. The van der Waals surface area contributed by atoms with Gasteiger partial charge in [-0.2, -0.15) is 0 Å². The number of furan rings is 1. The maximum atomic E-state index is 12.3. The van der Waals surface area contributed by atoms with E-state index in [0.29, 0.717) is 10.8 Å². The van der Waals surface area contributed by atoms with Crippen LogP contribution in [-0.2, 0) is 11.2 Å². The summed E-state index contributed by atoms with van der Waals surface area (Å²) in [5.41, 5.74) is 4.52. The van der Waals surface area contributed by atoms with Gasteiger partial charge in [-0.3, -0.25) is 4.79 Å². The summed E-state index contributed by atoms with van der Waals surface area (Å²) in [6.07, 6.45) is 3.50. The van der Waals surface area contributed by atoms with Crippen LogP contribution in [0.3, 0.4) is 0 Å². The minimum absolute atomic E-state index is 0.137. The monoisotopic (exact) mass is 328 g/mol. The average molecular weight is 329 g/mol. The van der Waals surface area contributed by atoms with E-state index in [4.69, 9.17) is 16.0 Å². The second-order valence-corrected chi connectivity index (χ2v) is 6.09. The molecule has 0 atom stereocenters. The summed E-state index contributed by atoms with van der Waals surface area (Å²) in [6, 6.07) is 5.61. The first-order valence-corrected chi connectivity index (χ1v) is 7.72. The van der Waals surface area contributed by atoms with E-state index in [-0.39, 0.29) is 12.3 Å². The lowest BCUT2D eigenvalue weighted by Gasteiger charge is -2.07. The molecule has 2 heterocycles. The van der Waals surface area contributed by atoms with Gasteiger partial charge in [0.1, 0.15) is 11.4 Å². The topological polar surface area (TPSA) is 55.1 Å². The maximum absolute atomic E-state index is 12.3. The number of anilines is 1. The molecule has 0 aliphatic heterocycles. The van der Waals surface area contributed by atoms with E-state index >= 15 is 0 Å². The van der Waals surface area contributed by atoms with Crippen LogP contribution in [0.1, 0.15) is 22.3 Å². The zero-order chi connectivity index (χ0) is 16.6. The highest BCUT2D eigenvalue weighted by molar-refractivity contribution is 6.33. The molecule has 0 bridgehead atoms. The van der Waals surface area contributed by atoms with Crippen LogP contribution in [-0.4, -0.2) is 10.9 Å². The van der Waals surface area contributed by atoms with E-state index in [0.717, 1.165) is 33.2 Å². The number of nitrogens with one attached hydrogen (secondary N) is 1. The molecule has 0 fully saturated rings. The van der Waals surface area contributed by atoms with Crippen molar-refractivity contribution in [2.75, 3.05) is 5.32 Å². The first-order valence-electron chi connectivity index (χ1n) is 7.34. The minimum atomic E-state index is -0.137. The Bertz CT molecular complexity index is 899. The van der Waals surface area contributed by atoms with Gasteiger partial charge in [-0.05, 0) is 55.7 Å². The molecule has 5 heteroatoms. The molecule has 23 heavy (non-hydrogen) atoms. The van der Waals surface area contributed by atoms with Crippen LogP contribution in [0.25, 0.3) is 11.0 Å². The molecule has 3 rings (SSSR count). The van der Waals surface area contributed by atoms with E-state index in [9.17, 15) is 4.79 Å². The third-order valence-corrected chi connectivity index (χ3v) is 4.41. The second kappa shape index (κ2) is 6.05. The van der Waals surface area contributed by atoms with Gasteiger partial charge in [0, 0.05) is 22.2 Å². The Hall–Kier alpha value is -2.33. The standard InChI is InChI=1S/C18H17ClN2O2/c1-10-4-5-20-15(6-10)21-16(22)8-13-9-23-14-7-11(2)18(19)12(3)17(13)14/h4-7,9H,8H2,1-3H3,(H,20,21,22). The van der Waals surface area contributed by atoms with Gasteiger partial charge in [0.15, 0.2) is 0 Å². The summed E-state index contributed by atoms with van der Waals surface area (Å²) < 4.78 is 5.58. The van der Waals surface area contributed by atoms with E-state index in [2.05, 4.69) is 10.3 Å². The van der Waals surface area contributed by atoms with E-state index < -0.39 is 0 Å². The normalized spacial score (nSPS) is 11.0. The number of nitrogens with zero attached hydrogens (tertiary/aromatic N) is 1. The van der Waals surface area contributed by atoms with Crippen LogP contribution in [0.15, 0.2) is 35.1 Å². The third-order valence-electron chi connectivity index (χ3n) is 3.83. The van der Waals surface area contributed by atoms with E-state index in [1.165, 1.54) is 0 Å². The van der Waals surface area contributed by atoms with Crippen LogP contribution >= 0.6 is 11.6 Å². The van der Waals surface area contributed by atoms with Crippen molar-refractivity contribution in [3.8, 4) is 0 Å². The Morgan fingerprint density at radius 2 is 2.09 bits per heavy atom. The molecule has 1 amide bonds. The van der Waals surface area contributed by atoms with Crippen molar-refractivity contribution in [2.45, 2.75) is 27.2 Å². The predicted molar refractivity (Wildman–Crippen MR) is 92.0 cm³/mol. The second-order valence-electron chi connectivity index (χ2n) is 5.71. The van der Waals surface area contributed by atoms with Gasteiger partial charge in [-0.25, -0.2) is 4.98 Å². The molecule has 0 saturated heterocycles. The molecule has 0 spiro atoms. The highest BCUT2D eigenvalue weighted by Gasteiger charge is 2.16. The smallest absolute Gasteiger partial charge is 0.230 e. The number of carbonyl (C=O) groups excluding carboxylic acids is 1. The molecule has 0 radical (unpaired) electrons. The maximum Gasteiger partial charge on any atom is 0.230 e. The van der Waals surface area contributed by atoms with Gasteiger partial charge in [0.25, 0.3) is 0 Å². The number of aromatic nitrogens is 1. The van der Waals surface area contributed by atoms with Crippen LogP contribution in [0.5, 0.6) is 0 Å². The van der Waals surface area contributed by atoms with Crippen LogP contribution < -0.4 is 5.32 Å². The number of hydrogen-bond donors (Lipinski definition) is 1. The number of benzene rings is 1. The van der Waals surface area contributed by atoms with Gasteiger partial charge < -0.3 is 9.73 Å². The van der Waals surface area contributed by atoms with Gasteiger partial charge in [0.2, 0.25) is 5.91 Å². The summed E-state index contributed by atoms with van der Waals surface area (Å²) >= 11 is 6.32. The quantitative estimate of drug-likeness (QED) is 0.765. The fraction of sp³-hybridized carbons (Fsp3) is 0.222. The Morgan fingerprint density at radius 1 is 1.30 bits per heavy atom. The molecule has 3 aromatic rings. The first kappa shape index (κ1) is 15.6. The Balaban J connectivity index is 1.87. The number of amides is 1. The molecule has 0 aliphatic carbocycles. The molecule has 1 aromatic carbocycles. The zero-order valence-corrected chi connectivity index (χ0v) is 14.0. The molecule has 118 valence electrons. The SMILES string of the molecule is Cc1ccnc(NC(=O)Cc2coc3cc(C)c(Cl)c(C)c23)c1. The summed E-state index contributed by atoms with van der Waals surface area (Å²) in [6.45, 7) is 5.83. The van der Waals surface area contributed by atoms with Crippen molar-refractivity contribution in [2.24, 2.45) is 0 Å². The molecule has 0 unspecified atom stereocenters. The van der Waals surface area contributed by atoms with Crippen molar-refractivity contribution >= 4 is 34.3 Å². The Labute approximate surface area is 139 Å². The summed E-state index contributed by atoms with van der Waals surface area (Å²) in [5, 5.41) is 4.43. The number of halogens is 1. The molecular formula is C18H17ClN2O2. The molecular weight excluding hydrogens is 312 g/mol. The van der Waals surface area contributed by atoms with E-state index in [1.807, 2.05) is 39.0 Å². The lowest BCUT2D eigenvalue weighted by atomic mass is 10.0. The predicted octanol–water partition coefficient (Wildman–Crippen LogP) is 4.59. The highest BCUT2D eigenvalue weighted by Crippen LogP contribution is 2.32. The molecule has 2 aromatic heterocycles. The molecule has 0 aliphatic rings. The number of pyridine rings is 1. The summed E-state index contributed by atoms with van der Waals surface area (Å²) in [4.78, 5) is 16.4. The number of hydrogen-bond acceptors (Lipinski definition) is 3. The number of carbonyl (C=O) groups is 1. The van der Waals surface area contributed by atoms with Gasteiger partial charge in [-0.1, -0.05) is 11.6 Å². The highest BCUT2D eigenvalue weighted by atomic mass is 35.5. The third kappa shape index (κ3) is 3.08. The van der Waals surface area contributed by atoms with E-state index in [1.54, 1.807) is 12.5 Å².